The van der Waals surface area contributed by atoms with Gasteiger partial charge in [0.2, 0.25) is 0 Å². The van der Waals surface area contributed by atoms with Crippen LogP contribution in [-0.4, -0.2) is 38.9 Å². The Morgan fingerprint density at radius 3 is 2.10 bits per heavy atom. The Kier molecular flexibility index (Phi) is 9.59. The first-order valence-corrected chi connectivity index (χ1v) is 6.18. The van der Waals surface area contributed by atoms with Gasteiger partial charge in [0.15, 0.2) is 0 Å². The van der Waals surface area contributed by atoms with Crippen LogP contribution in [0.1, 0.15) is 18.1 Å². The Bertz CT molecular complexity index is 448. The van der Waals surface area contributed by atoms with Crippen molar-refractivity contribution < 1.29 is 15.0 Å². The molecule has 0 unspecified atom stereocenters. The predicted octanol–water partition coefficient (Wildman–Crippen LogP) is 1.76. The minimum absolute atomic E-state index is 0. The van der Waals surface area contributed by atoms with E-state index < -0.39 is 6.09 Å². The minimum atomic E-state index is -1.25. The first-order chi connectivity index (χ1) is 8.65. The lowest BCUT2D eigenvalue weighted by atomic mass is 10.1. The number of hydrogen-bond acceptors (Lipinski definition) is 3. The van der Waals surface area contributed by atoms with Crippen molar-refractivity contribution in [3.05, 3.63) is 23.3 Å². The van der Waals surface area contributed by atoms with Gasteiger partial charge in [0.1, 0.15) is 17.5 Å². The van der Waals surface area contributed by atoms with Crippen molar-refractivity contribution in [1.29, 1.82) is 0 Å². The summed E-state index contributed by atoms with van der Waals surface area (Å²) in [6, 6.07) is 3.93. The SMILES string of the molecule is CC[N+](C)(C)c1cc(C)c(O)cc1C.CNC(=O)[O-].I. The first kappa shape index (κ1) is 21.3. The van der Waals surface area contributed by atoms with Gasteiger partial charge in [0, 0.05) is 18.7 Å². The second-order valence-corrected chi connectivity index (χ2v) is 4.96. The van der Waals surface area contributed by atoms with Crippen LogP contribution in [0.3, 0.4) is 0 Å². The van der Waals surface area contributed by atoms with Gasteiger partial charge in [0.05, 0.1) is 20.6 Å². The number of quaternary nitrogens is 1. The van der Waals surface area contributed by atoms with E-state index in [9.17, 15) is 5.11 Å². The zero-order chi connectivity index (χ0) is 15.2. The molecule has 1 aromatic carbocycles. The Morgan fingerprint density at radius 1 is 1.30 bits per heavy atom. The molecule has 0 aromatic heterocycles. The zero-order valence-corrected chi connectivity index (χ0v) is 15.3. The molecule has 0 aliphatic rings. The Labute approximate surface area is 138 Å². The highest BCUT2D eigenvalue weighted by Crippen LogP contribution is 2.30. The van der Waals surface area contributed by atoms with Crippen molar-refractivity contribution >= 4 is 35.8 Å². The monoisotopic (exact) mass is 396 g/mol. The second kappa shape index (κ2) is 9.02. The van der Waals surface area contributed by atoms with Crippen LogP contribution in [0.25, 0.3) is 0 Å². The van der Waals surface area contributed by atoms with Crippen LogP contribution >= 0.6 is 24.0 Å². The number of amides is 1. The van der Waals surface area contributed by atoms with Gasteiger partial charge in [-0.25, -0.2) is 0 Å². The lowest BCUT2D eigenvalue weighted by Crippen LogP contribution is -2.40. The molecule has 2 N–H and O–H groups in total. The van der Waals surface area contributed by atoms with E-state index in [0.29, 0.717) is 5.75 Å². The third-order valence-corrected chi connectivity index (χ3v) is 3.16. The number of carboxylic acid groups (broad SMARTS) is 1. The summed E-state index contributed by atoms with van der Waals surface area (Å²) in [7, 11) is 5.65. The summed E-state index contributed by atoms with van der Waals surface area (Å²) in [5.74, 6) is 0.391. The van der Waals surface area contributed by atoms with Crippen LogP contribution in [0.2, 0.25) is 0 Å². The zero-order valence-electron chi connectivity index (χ0n) is 13.0. The molecule has 0 saturated heterocycles. The smallest absolute Gasteiger partial charge is 0.135 e. The van der Waals surface area contributed by atoms with Crippen molar-refractivity contribution in [1.82, 2.24) is 9.80 Å². The third-order valence-electron chi connectivity index (χ3n) is 3.16. The molecule has 0 bridgehead atoms. The summed E-state index contributed by atoms with van der Waals surface area (Å²) in [6.07, 6.45) is -1.25. The molecule has 1 amide bonds. The molecule has 1 aromatic rings. The molecule has 1 rings (SSSR count). The largest absolute Gasteiger partial charge is 0.530 e. The normalized spacial score (nSPS) is 9.90. The number of aromatic hydroxyl groups is 1. The number of benzene rings is 1. The third kappa shape index (κ3) is 6.42. The van der Waals surface area contributed by atoms with Gasteiger partial charge in [-0.3, -0.25) is 4.48 Å². The van der Waals surface area contributed by atoms with Crippen LogP contribution < -0.4 is 14.9 Å². The number of nitrogens with one attached hydrogen (secondary N) is 1. The highest BCUT2D eigenvalue weighted by molar-refractivity contribution is 14.0. The Morgan fingerprint density at radius 2 is 1.75 bits per heavy atom. The molecule has 0 saturated carbocycles. The number of carbonyl (C=O) groups is 1. The fourth-order valence-corrected chi connectivity index (χ4v) is 1.61. The van der Waals surface area contributed by atoms with E-state index in [2.05, 4.69) is 27.1 Å². The predicted molar refractivity (Wildman–Crippen MR) is 91.6 cm³/mol. The molecule has 0 fully saturated rings. The Hall–Kier alpha value is -1.02. The average Bonchev–Trinajstić information content (AvgIpc) is 2.34. The number of aryl methyl sites for hydroxylation is 2. The number of nitrogens with zero attached hydrogens (tertiary/aromatic N) is 1. The summed E-state index contributed by atoms with van der Waals surface area (Å²) >= 11 is 0. The first-order valence-electron chi connectivity index (χ1n) is 6.18. The maximum absolute atomic E-state index is 9.56. The van der Waals surface area contributed by atoms with Crippen LogP contribution in [-0.2, 0) is 0 Å². The summed E-state index contributed by atoms with van der Waals surface area (Å²) in [5.41, 5.74) is 3.38. The fraction of sp³-hybridized carbons (Fsp3) is 0.500. The van der Waals surface area contributed by atoms with Gasteiger partial charge in [0.25, 0.3) is 0 Å². The summed E-state index contributed by atoms with van der Waals surface area (Å²) < 4.78 is 0.854. The van der Waals surface area contributed by atoms with Crippen molar-refractivity contribution in [2.45, 2.75) is 20.8 Å². The lowest BCUT2D eigenvalue weighted by molar-refractivity contribution is -0.250. The van der Waals surface area contributed by atoms with E-state index in [1.165, 1.54) is 12.7 Å². The van der Waals surface area contributed by atoms with Gasteiger partial charge in [-0.1, -0.05) is 0 Å². The van der Waals surface area contributed by atoms with E-state index >= 15 is 0 Å². The van der Waals surface area contributed by atoms with E-state index in [0.717, 1.165) is 22.2 Å². The lowest BCUT2D eigenvalue weighted by Gasteiger charge is -2.29. The number of rotatable bonds is 2. The van der Waals surface area contributed by atoms with Gasteiger partial charge >= 0.3 is 0 Å². The maximum atomic E-state index is 9.56. The molecular weight excluding hydrogens is 371 g/mol. The average molecular weight is 396 g/mol. The molecule has 0 spiro atoms. The van der Waals surface area contributed by atoms with Gasteiger partial charge in [-0.15, -0.1) is 24.0 Å². The van der Waals surface area contributed by atoms with Gasteiger partial charge < -0.3 is 20.3 Å². The number of halogens is 1. The van der Waals surface area contributed by atoms with E-state index in [1.807, 2.05) is 25.2 Å². The quantitative estimate of drug-likeness (QED) is 0.591. The summed E-state index contributed by atoms with van der Waals surface area (Å²) in [4.78, 5) is 9.15. The van der Waals surface area contributed by atoms with Crippen LogP contribution in [0.15, 0.2) is 12.1 Å². The van der Waals surface area contributed by atoms with E-state index in [4.69, 9.17) is 9.90 Å². The fourth-order valence-electron chi connectivity index (χ4n) is 1.61. The van der Waals surface area contributed by atoms with E-state index in [-0.39, 0.29) is 24.0 Å². The molecule has 0 aliphatic carbocycles. The highest BCUT2D eigenvalue weighted by Gasteiger charge is 2.20. The van der Waals surface area contributed by atoms with Crippen molar-refractivity contribution in [3.8, 4) is 5.75 Å². The molecular formula is C14H25IN2O3. The molecule has 0 atom stereocenters. The standard InChI is InChI=1S/C12H19NO.C2H5NO2.HI/c1-6-13(4,5)11-7-10(3)12(14)8-9(11)2;1-3-2(4)5;/h7-8H,6H2,1-5H3;3H,1H3,(H,4,5);1H. The molecule has 0 aliphatic heterocycles. The topological polar surface area (TPSA) is 72.4 Å². The highest BCUT2D eigenvalue weighted by atomic mass is 127. The molecule has 6 heteroatoms. The molecule has 116 valence electrons. The van der Waals surface area contributed by atoms with Crippen LogP contribution in [0.4, 0.5) is 10.5 Å². The number of carbonyl (C=O) groups excluding carboxylic acids is 1. The van der Waals surface area contributed by atoms with Crippen molar-refractivity contribution in [2.24, 2.45) is 0 Å². The van der Waals surface area contributed by atoms with Crippen molar-refractivity contribution in [3.63, 3.8) is 0 Å². The number of phenolic OH excluding ortho intramolecular Hbond substituents is 1. The van der Waals surface area contributed by atoms with Crippen LogP contribution in [0, 0.1) is 13.8 Å². The number of hydrogen-bond donors (Lipinski definition) is 2. The Balaban J connectivity index is 0. The van der Waals surface area contributed by atoms with Crippen LogP contribution in [0.5, 0.6) is 5.75 Å². The molecule has 0 radical (unpaired) electrons. The second-order valence-electron chi connectivity index (χ2n) is 4.96. The van der Waals surface area contributed by atoms with Gasteiger partial charge in [-0.05, 0) is 32.4 Å². The minimum Gasteiger partial charge on any atom is -0.530 e. The number of phenols is 1. The van der Waals surface area contributed by atoms with E-state index in [1.54, 1.807) is 0 Å². The molecule has 0 heterocycles. The van der Waals surface area contributed by atoms with Gasteiger partial charge in [-0.2, -0.15) is 0 Å². The summed E-state index contributed by atoms with van der Waals surface area (Å²) in [6.45, 7) is 7.20. The van der Waals surface area contributed by atoms with Crippen molar-refractivity contribution in [2.75, 3.05) is 27.7 Å². The summed E-state index contributed by atoms with van der Waals surface area (Å²) in [5, 5.41) is 20.5. The molecule has 20 heavy (non-hydrogen) atoms. The maximum Gasteiger partial charge on any atom is 0.135 e. The molecule has 5 nitrogen and oxygen atoms in total.